The first-order valence-electron chi connectivity index (χ1n) is 6.95. The molecule has 1 aliphatic rings. The number of imidazole rings is 1. The zero-order valence-electron chi connectivity index (χ0n) is 11.9. The topological polar surface area (TPSA) is 29.9 Å². The normalized spacial score (nSPS) is 15.5. The molecule has 0 bridgehead atoms. The molecule has 1 saturated carbocycles. The van der Waals surface area contributed by atoms with Crippen LogP contribution in [0.25, 0.3) is 0 Å². The molecule has 3 nitrogen and oxygen atoms in total. The van der Waals surface area contributed by atoms with Gasteiger partial charge in [0.25, 0.3) is 0 Å². The van der Waals surface area contributed by atoms with Gasteiger partial charge in [-0.25, -0.2) is 4.98 Å². The lowest BCUT2D eigenvalue weighted by molar-refractivity contribution is 0.592. The SMILES string of the molecule is CC(C)(C)c1ccccc1Nc1nccn1C1CC1. The molecule has 1 aromatic heterocycles. The Morgan fingerprint density at radius 2 is 1.95 bits per heavy atom. The first kappa shape index (κ1) is 12.3. The molecule has 3 heteroatoms. The fourth-order valence-electron chi connectivity index (χ4n) is 2.42. The number of hydrogen-bond acceptors (Lipinski definition) is 2. The van der Waals surface area contributed by atoms with Gasteiger partial charge in [0, 0.05) is 24.1 Å². The minimum Gasteiger partial charge on any atom is -0.325 e. The molecule has 0 saturated heterocycles. The molecule has 0 unspecified atom stereocenters. The van der Waals surface area contributed by atoms with Crippen molar-refractivity contribution >= 4 is 11.6 Å². The predicted octanol–water partition coefficient (Wildman–Crippen LogP) is 4.26. The van der Waals surface area contributed by atoms with Gasteiger partial charge in [-0.15, -0.1) is 0 Å². The Labute approximate surface area is 114 Å². The Hall–Kier alpha value is -1.77. The van der Waals surface area contributed by atoms with E-state index < -0.39 is 0 Å². The van der Waals surface area contributed by atoms with E-state index in [1.807, 2.05) is 6.20 Å². The van der Waals surface area contributed by atoms with Crippen molar-refractivity contribution in [3.05, 3.63) is 42.2 Å². The maximum absolute atomic E-state index is 4.45. The van der Waals surface area contributed by atoms with Gasteiger partial charge in [0.15, 0.2) is 0 Å². The lowest BCUT2D eigenvalue weighted by Gasteiger charge is -2.23. The number of hydrogen-bond donors (Lipinski definition) is 1. The van der Waals surface area contributed by atoms with Crippen LogP contribution in [0.4, 0.5) is 11.6 Å². The highest BCUT2D eigenvalue weighted by molar-refractivity contribution is 5.60. The maximum atomic E-state index is 4.45. The summed E-state index contributed by atoms with van der Waals surface area (Å²) in [7, 11) is 0. The quantitative estimate of drug-likeness (QED) is 0.888. The second-order valence-electron chi connectivity index (χ2n) is 6.31. The summed E-state index contributed by atoms with van der Waals surface area (Å²) in [4.78, 5) is 4.45. The van der Waals surface area contributed by atoms with E-state index in [0.717, 1.165) is 11.6 Å². The molecule has 1 aromatic carbocycles. The standard InChI is InChI=1S/C16H21N3/c1-16(2,3)13-6-4-5-7-14(13)18-15-17-10-11-19(15)12-8-9-12/h4-7,10-12H,8-9H2,1-3H3,(H,17,18). The first-order valence-corrected chi connectivity index (χ1v) is 6.95. The van der Waals surface area contributed by atoms with Crippen LogP contribution >= 0.6 is 0 Å². The van der Waals surface area contributed by atoms with Gasteiger partial charge < -0.3 is 9.88 Å². The molecule has 0 amide bonds. The molecular weight excluding hydrogens is 234 g/mol. The summed E-state index contributed by atoms with van der Waals surface area (Å²) in [6.07, 6.45) is 6.48. The average molecular weight is 255 g/mol. The molecular formula is C16H21N3. The number of para-hydroxylation sites is 1. The van der Waals surface area contributed by atoms with Crippen molar-refractivity contribution in [2.45, 2.75) is 45.1 Å². The average Bonchev–Trinajstić information content (AvgIpc) is 3.10. The van der Waals surface area contributed by atoms with Gasteiger partial charge in [-0.05, 0) is 29.9 Å². The third-order valence-corrected chi connectivity index (χ3v) is 3.59. The van der Waals surface area contributed by atoms with E-state index in [4.69, 9.17) is 0 Å². The molecule has 1 N–H and O–H groups in total. The lowest BCUT2D eigenvalue weighted by atomic mass is 9.86. The van der Waals surface area contributed by atoms with Gasteiger partial charge in [-0.3, -0.25) is 0 Å². The summed E-state index contributed by atoms with van der Waals surface area (Å²) < 4.78 is 2.25. The Kier molecular flexibility index (Phi) is 2.85. The Morgan fingerprint density at radius 1 is 1.21 bits per heavy atom. The van der Waals surface area contributed by atoms with Crippen molar-refractivity contribution in [2.75, 3.05) is 5.32 Å². The van der Waals surface area contributed by atoms with Crippen molar-refractivity contribution in [1.29, 1.82) is 0 Å². The molecule has 2 aromatic rings. The number of benzene rings is 1. The highest BCUT2D eigenvalue weighted by atomic mass is 15.2. The number of anilines is 2. The van der Waals surface area contributed by atoms with Crippen molar-refractivity contribution < 1.29 is 0 Å². The van der Waals surface area contributed by atoms with Gasteiger partial charge >= 0.3 is 0 Å². The predicted molar refractivity (Wildman–Crippen MR) is 78.9 cm³/mol. The van der Waals surface area contributed by atoms with Gasteiger partial charge in [0.1, 0.15) is 0 Å². The van der Waals surface area contributed by atoms with Crippen molar-refractivity contribution in [3.63, 3.8) is 0 Å². The van der Waals surface area contributed by atoms with Gasteiger partial charge in [0.2, 0.25) is 5.95 Å². The van der Waals surface area contributed by atoms with Crippen LogP contribution in [-0.4, -0.2) is 9.55 Å². The third kappa shape index (κ3) is 2.50. The Bertz CT molecular complexity index is 574. The second kappa shape index (κ2) is 4.41. The minimum absolute atomic E-state index is 0.126. The van der Waals surface area contributed by atoms with Crippen LogP contribution in [0.3, 0.4) is 0 Å². The molecule has 0 radical (unpaired) electrons. The van der Waals surface area contributed by atoms with Crippen LogP contribution in [-0.2, 0) is 5.41 Å². The third-order valence-electron chi connectivity index (χ3n) is 3.59. The highest BCUT2D eigenvalue weighted by Crippen LogP contribution is 2.38. The zero-order chi connectivity index (χ0) is 13.5. The molecule has 0 aliphatic heterocycles. The summed E-state index contributed by atoms with van der Waals surface area (Å²) in [5.41, 5.74) is 2.60. The number of nitrogens with one attached hydrogen (secondary N) is 1. The number of rotatable bonds is 3. The van der Waals surface area contributed by atoms with E-state index in [1.54, 1.807) is 0 Å². The van der Waals surface area contributed by atoms with Crippen molar-refractivity contribution in [1.82, 2.24) is 9.55 Å². The lowest BCUT2D eigenvalue weighted by Crippen LogP contribution is -2.14. The Morgan fingerprint density at radius 3 is 2.63 bits per heavy atom. The molecule has 0 spiro atoms. The van der Waals surface area contributed by atoms with E-state index in [2.05, 4.69) is 66.1 Å². The summed E-state index contributed by atoms with van der Waals surface area (Å²) in [5, 5.41) is 3.50. The van der Waals surface area contributed by atoms with Crippen molar-refractivity contribution in [3.8, 4) is 0 Å². The van der Waals surface area contributed by atoms with Crippen LogP contribution < -0.4 is 5.32 Å². The highest BCUT2D eigenvalue weighted by Gasteiger charge is 2.26. The Balaban J connectivity index is 1.93. The zero-order valence-corrected chi connectivity index (χ0v) is 11.9. The van der Waals surface area contributed by atoms with Crippen LogP contribution in [0.2, 0.25) is 0 Å². The molecule has 3 rings (SSSR count). The molecule has 19 heavy (non-hydrogen) atoms. The van der Waals surface area contributed by atoms with Gasteiger partial charge in [-0.1, -0.05) is 39.0 Å². The number of nitrogens with zero attached hydrogens (tertiary/aromatic N) is 2. The van der Waals surface area contributed by atoms with E-state index in [1.165, 1.54) is 18.4 Å². The smallest absolute Gasteiger partial charge is 0.207 e. The largest absolute Gasteiger partial charge is 0.325 e. The summed E-state index contributed by atoms with van der Waals surface area (Å²) in [6, 6.07) is 9.13. The molecule has 1 fully saturated rings. The fraction of sp³-hybridized carbons (Fsp3) is 0.438. The van der Waals surface area contributed by atoms with E-state index in [9.17, 15) is 0 Å². The van der Waals surface area contributed by atoms with Crippen molar-refractivity contribution in [2.24, 2.45) is 0 Å². The van der Waals surface area contributed by atoms with Crippen LogP contribution in [0.15, 0.2) is 36.7 Å². The minimum atomic E-state index is 0.126. The summed E-state index contributed by atoms with van der Waals surface area (Å²) in [6.45, 7) is 6.71. The number of aromatic nitrogens is 2. The fourth-order valence-corrected chi connectivity index (χ4v) is 2.42. The monoisotopic (exact) mass is 255 g/mol. The maximum Gasteiger partial charge on any atom is 0.207 e. The molecule has 1 aliphatic carbocycles. The van der Waals surface area contributed by atoms with Crippen LogP contribution in [0, 0.1) is 0 Å². The first-order chi connectivity index (χ1) is 9.05. The van der Waals surface area contributed by atoms with E-state index >= 15 is 0 Å². The van der Waals surface area contributed by atoms with Crippen LogP contribution in [0.1, 0.15) is 45.2 Å². The van der Waals surface area contributed by atoms with Gasteiger partial charge in [0.05, 0.1) is 0 Å². The summed E-state index contributed by atoms with van der Waals surface area (Å²) >= 11 is 0. The summed E-state index contributed by atoms with van der Waals surface area (Å²) in [5.74, 6) is 0.958. The second-order valence-corrected chi connectivity index (χ2v) is 6.31. The van der Waals surface area contributed by atoms with E-state index in [-0.39, 0.29) is 5.41 Å². The van der Waals surface area contributed by atoms with Gasteiger partial charge in [-0.2, -0.15) is 0 Å². The van der Waals surface area contributed by atoms with E-state index in [0.29, 0.717) is 6.04 Å². The van der Waals surface area contributed by atoms with Crippen LogP contribution in [0.5, 0.6) is 0 Å². The molecule has 100 valence electrons. The molecule has 0 atom stereocenters. The molecule has 1 heterocycles.